The van der Waals surface area contributed by atoms with Crippen molar-refractivity contribution in [3.05, 3.63) is 28.8 Å². The molecule has 3 atom stereocenters. The first-order valence-electron chi connectivity index (χ1n) is 9.35. The molecule has 2 N–H and O–H groups in total. The van der Waals surface area contributed by atoms with Gasteiger partial charge in [-0.05, 0) is 37.5 Å². The first-order chi connectivity index (χ1) is 13.0. The van der Waals surface area contributed by atoms with E-state index in [0.29, 0.717) is 34.6 Å². The average molecular weight is 400 g/mol. The van der Waals surface area contributed by atoms with Crippen molar-refractivity contribution in [2.24, 2.45) is 16.3 Å². The highest BCUT2D eigenvalue weighted by Crippen LogP contribution is 2.62. The summed E-state index contributed by atoms with van der Waals surface area (Å²) in [4.78, 5) is 4.31. The molecule has 4 rings (SSSR count). The fraction of sp³-hybridized carbons (Fsp3) is 0.632. The Morgan fingerprint density at radius 3 is 2.93 bits per heavy atom. The van der Waals surface area contributed by atoms with Gasteiger partial charge in [0, 0.05) is 48.2 Å². The summed E-state index contributed by atoms with van der Waals surface area (Å²) in [5, 5.41) is 7.22. The Morgan fingerprint density at radius 1 is 1.44 bits per heavy atom. The molecule has 3 fully saturated rings. The average Bonchev–Trinajstić information content (AvgIpc) is 3.00. The highest BCUT2D eigenvalue weighted by atomic mass is 35.5. The van der Waals surface area contributed by atoms with E-state index in [2.05, 4.69) is 20.4 Å². The molecule has 0 bridgehead atoms. The molecule has 3 unspecified atom stereocenters. The van der Waals surface area contributed by atoms with E-state index in [9.17, 15) is 8.78 Å². The Bertz CT molecular complexity index is 727. The van der Waals surface area contributed by atoms with Crippen molar-refractivity contribution in [1.82, 2.24) is 10.6 Å². The molecule has 0 amide bonds. The highest BCUT2D eigenvalue weighted by molar-refractivity contribution is 6.30. The van der Waals surface area contributed by atoms with Crippen LogP contribution < -0.4 is 15.4 Å². The molecule has 2 saturated carbocycles. The molecule has 8 heteroatoms. The van der Waals surface area contributed by atoms with Gasteiger partial charge in [-0.3, -0.25) is 4.99 Å². The molecule has 5 nitrogen and oxygen atoms in total. The summed E-state index contributed by atoms with van der Waals surface area (Å²) >= 11 is 6.01. The van der Waals surface area contributed by atoms with Gasteiger partial charge in [0.25, 0.3) is 0 Å². The van der Waals surface area contributed by atoms with Crippen LogP contribution in [0.2, 0.25) is 5.02 Å². The summed E-state index contributed by atoms with van der Waals surface area (Å²) in [5.74, 6) is 1.29. The van der Waals surface area contributed by atoms with Gasteiger partial charge in [-0.1, -0.05) is 18.0 Å². The fourth-order valence-corrected chi connectivity index (χ4v) is 5.07. The van der Waals surface area contributed by atoms with E-state index in [0.717, 1.165) is 13.0 Å². The Hall–Kier alpha value is -1.60. The van der Waals surface area contributed by atoms with Gasteiger partial charge in [0.05, 0.1) is 6.10 Å². The lowest BCUT2D eigenvalue weighted by atomic mass is 9.46. The van der Waals surface area contributed by atoms with Crippen molar-refractivity contribution in [2.75, 3.05) is 13.7 Å². The Kier molecular flexibility index (Phi) is 5.16. The predicted molar refractivity (Wildman–Crippen MR) is 99.3 cm³/mol. The van der Waals surface area contributed by atoms with Crippen LogP contribution in [-0.4, -0.2) is 38.4 Å². The molecule has 1 saturated heterocycles. The molecule has 1 aromatic rings. The third kappa shape index (κ3) is 3.36. The van der Waals surface area contributed by atoms with Crippen molar-refractivity contribution in [3.63, 3.8) is 0 Å². The van der Waals surface area contributed by atoms with Gasteiger partial charge in [-0.2, -0.15) is 8.78 Å². The number of rotatable bonds is 5. The van der Waals surface area contributed by atoms with Crippen LogP contribution in [0.4, 0.5) is 8.78 Å². The lowest BCUT2D eigenvalue weighted by Crippen LogP contribution is -2.72. The van der Waals surface area contributed by atoms with Crippen LogP contribution in [0.3, 0.4) is 0 Å². The van der Waals surface area contributed by atoms with Gasteiger partial charge in [0.2, 0.25) is 0 Å². The lowest BCUT2D eigenvalue weighted by Gasteiger charge is -2.63. The molecule has 1 aliphatic heterocycles. The van der Waals surface area contributed by atoms with Crippen LogP contribution in [0.5, 0.6) is 5.75 Å². The van der Waals surface area contributed by atoms with Crippen molar-refractivity contribution >= 4 is 17.6 Å². The number of halogens is 3. The zero-order valence-electron chi connectivity index (χ0n) is 15.2. The third-order valence-electron chi connectivity index (χ3n) is 6.24. The maximum atomic E-state index is 12.6. The van der Waals surface area contributed by atoms with Crippen molar-refractivity contribution < 1.29 is 18.3 Å². The second-order valence-electron chi connectivity index (χ2n) is 7.51. The monoisotopic (exact) mass is 399 g/mol. The molecular weight excluding hydrogens is 376 g/mol. The standard InChI is InChI=1S/C19H24ClF2N3O2/c1-23-18(24-10-11-9-12(20)3-4-14(11)27-17(21)22)25-15-13-5-8-26-16(13)19(15)6-2-7-19/h3-4,9,13,15-17H,2,5-8,10H2,1H3,(H2,23,24,25). The topological polar surface area (TPSA) is 54.9 Å². The molecule has 3 aliphatic rings. The van der Waals surface area contributed by atoms with E-state index in [1.54, 1.807) is 13.1 Å². The lowest BCUT2D eigenvalue weighted by molar-refractivity contribution is -0.171. The SMILES string of the molecule is CN=C(NCc1cc(Cl)ccc1OC(F)F)NC1C2CCOC2C12CCC2. The number of nitrogens with one attached hydrogen (secondary N) is 2. The summed E-state index contributed by atoms with van der Waals surface area (Å²) in [5.41, 5.74) is 0.790. The van der Waals surface area contributed by atoms with Crippen LogP contribution >= 0.6 is 11.6 Å². The van der Waals surface area contributed by atoms with E-state index in [1.165, 1.54) is 31.4 Å². The zero-order valence-corrected chi connectivity index (χ0v) is 15.9. The third-order valence-corrected chi connectivity index (χ3v) is 6.47. The molecule has 27 heavy (non-hydrogen) atoms. The quantitative estimate of drug-likeness (QED) is 0.587. The molecule has 0 radical (unpaired) electrons. The number of nitrogens with zero attached hydrogens (tertiary/aromatic N) is 1. The highest BCUT2D eigenvalue weighted by Gasteiger charge is 2.66. The van der Waals surface area contributed by atoms with Crippen LogP contribution in [0.1, 0.15) is 31.2 Å². The number of ether oxygens (including phenoxy) is 2. The second-order valence-corrected chi connectivity index (χ2v) is 7.95. The Balaban J connectivity index is 1.41. The van der Waals surface area contributed by atoms with Crippen LogP contribution in [0.15, 0.2) is 23.2 Å². The number of benzene rings is 1. The number of hydrogen-bond donors (Lipinski definition) is 2. The van der Waals surface area contributed by atoms with Gasteiger partial charge in [0.1, 0.15) is 5.75 Å². The number of alkyl halides is 2. The van der Waals surface area contributed by atoms with Crippen molar-refractivity contribution in [1.29, 1.82) is 0 Å². The van der Waals surface area contributed by atoms with Gasteiger partial charge in [-0.25, -0.2) is 0 Å². The van der Waals surface area contributed by atoms with E-state index in [1.807, 2.05) is 0 Å². The van der Waals surface area contributed by atoms with Crippen molar-refractivity contribution in [3.8, 4) is 5.75 Å². The largest absolute Gasteiger partial charge is 0.434 e. The minimum Gasteiger partial charge on any atom is -0.434 e. The molecule has 0 aromatic heterocycles. The molecule has 2 aliphatic carbocycles. The minimum absolute atomic E-state index is 0.112. The van der Waals surface area contributed by atoms with Gasteiger partial charge >= 0.3 is 6.61 Å². The van der Waals surface area contributed by atoms with Crippen LogP contribution in [0.25, 0.3) is 0 Å². The predicted octanol–water partition coefficient (Wildman–Crippen LogP) is 3.56. The summed E-state index contributed by atoms with van der Waals surface area (Å²) in [7, 11) is 1.71. The van der Waals surface area contributed by atoms with Gasteiger partial charge < -0.3 is 20.1 Å². The first-order valence-corrected chi connectivity index (χ1v) is 9.73. The molecule has 1 aromatic carbocycles. The number of hydrogen-bond acceptors (Lipinski definition) is 3. The first kappa shape index (κ1) is 18.7. The van der Waals surface area contributed by atoms with E-state index >= 15 is 0 Å². The minimum atomic E-state index is -2.88. The molecule has 1 heterocycles. The fourth-order valence-electron chi connectivity index (χ4n) is 4.87. The number of guanidine groups is 1. The summed E-state index contributed by atoms with van der Waals surface area (Å²) in [6, 6.07) is 4.96. The molecule has 148 valence electrons. The van der Waals surface area contributed by atoms with Crippen molar-refractivity contribution in [2.45, 2.75) is 51.0 Å². The van der Waals surface area contributed by atoms with Gasteiger partial charge in [-0.15, -0.1) is 0 Å². The van der Waals surface area contributed by atoms with Crippen LogP contribution in [-0.2, 0) is 11.3 Å². The number of fused-ring (bicyclic) bond motifs is 2. The molecular formula is C19H24ClF2N3O2. The number of aliphatic imine (C=N–C) groups is 1. The Labute approximate surface area is 162 Å². The van der Waals surface area contributed by atoms with Gasteiger partial charge in [0.15, 0.2) is 5.96 Å². The summed E-state index contributed by atoms with van der Waals surface area (Å²) in [6.07, 6.45) is 5.06. The van der Waals surface area contributed by atoms with E-state index < -0.39 is 6.61 Å². The Morgan fingerprint density at radius 2 is 2.26 bits per heavy atom. The van der Waals surface area contributed by atoms with E-state index in [-0.39, 0.29) is 17.7 Å². The van der Waals surface area contributed by atoms with Crippen LogP contribution in [0, 0.1) is 11.3 Å². The maximum Gasteiger partial charge on any atom is 0.387 e. The molecule has 1 spiro atoms. The zero-order chi connectivity index (χ0) is 19.0. The summed E-state index contributed by atoms with van der Waals surface area (Å²) < 4.78 is 35.8. The smallest absolute Gasteiger partial charge is 0.387 e. The second kappa shape index (κ2) is 7.43. The maximum absolute atomic E-state index is 12.6. The van der Waals surface area contributed by atoms with E-state index in [4.69, 9.17) is 16.3 Å². The summed E-state index contributed by atoms with van der Waals surface area (Å²) in [6.45, 7) is -1.76. The normalized spacial score (nSPS) is 28.5.